The summed E-state index contributed by atoms with van der Waals surface area (Å²) in [5, 5.41) is 10.3. The Hall–Kier alpha value is -2.93. The van der Waals surface area contributed by atoms with Crippen molar-refractivity contribution in [2.45, 2.75) is 45.3 Å². The molecule has 152 valence electrons. The number of benzene rings is 1. The maximum atomic E-state index is 12.3. The molecule has 1 aromatic carbocycles. The van der Waals surface area contributed by atoms with Gasteiger partial charge in [0.05, 0.1) is 6.04 Å². The Balaban J connectivity index is 2.07. The molecule has 1 N–H and O–H groups in total. The molecule has 0 amide bonds. The second-order valence-electron chi connectivity index (χ2n) is 7.67. The summed E-state index contributed by atoms with van der Waals surface area (Å²) in [5.74, 6) is -1.45. The predicted molar refractivity (Wildman–Crippen MR) is 109 cm³/mol. The summed E-state index contributed by atoms with van der Waals surface area (Å²) in [5.41, 5.74) is 0.716. The van der Waals surface area contributed by atoms with Crippen LogP contribution in [0.5, 0.6) is 0 Å². The van der Waals surface area contributed by atoms with Crippen molar-refractivity contribution in [3.8, 4) is 0 Å². The highest BCUT2D eigenvalue weighted by Crippen LogP contribution is 2.31. The fourth-order valence-electron chi connectivity index (χ4n) is 3.23. The first-order valence-electron chi connectivity index (χ1n) is 9.19. The highest BCUT2D eigenvalue weighted by molar-refractivity contribution is 6.28. The number of rotatable bonds is 6. The van der Waals surface area contributed by atoms with E-state index in [1.54, 1.807) is 25.3 Å². The minimum absolute atomic E-state index is 0.0211. The van der Waals surface area contributed by atoms with Crippen LogP contribution in [-0.4, -0.2) is 37.2 Å². The largest absolute Gasteiger partial charge is 0.477 e. The quantitative estimate of drug-likeness (QED) is 0.470. The van der Waals surface area contributed by atoms with Crippen molar-refractivity contribution in [1.29, 1.82) is 0 Å². The molecule has 0 saturated carbocycles. The van der Waals surface area contributed by atoms with E-state index in [-0.39, 0.29) is 23.4 Å². The molecule has 2 aromatic heterocycles. The Bertz CT molecular complexity index is 1040. The molecular weight excluding hydrogens is 394 g/mol. The number of carbonyl (C=O) groups is 2. The minimum Gasteiger partial charge on any atom is -0.477 e. The molecule has 3 aromatic rings. The van der Waals surface area contributed by atoms with E-state index >= 15 is 0 Å². The summed E-state index contributed by atoms with van der Waals surface area (Å²) in [6.07, 6.45) is 1.95. The van der Waals surface area contributed by atoms with Gasteiger partial charge in [0, 0.05) is 18.0 Å². The number of ether oxygens (including phenoxy) is 1. The second kappa shape index (κ2) is 8.21. The van der Waals surface area contributed by atoms with Gasteiger partial charge < -0.3 is 14.4 Å². The van der Waals surface area contributed by atoms with Crippen molar-refractivity contribution >= 4 is 34.6 Å². The highest BCUT2D eigenvalue weighted by atomic mass is 35.5. The van der Waals surface area contributed by atoms with Crippen molar-refractivity contribution in [2.24, 2.45) is 0 Å². The van der Waals surface area contributed by atoms with Crippen molar-refractivity contribution in [1.82, 2.24) is 14.5 Å². The lowest BCUT2D eigenvalue weighted by Crippen LogP contribution is -2.25. The molecule has 0 fully saturated rings. The molecule has 0 saturated heterocycles. The molecule has 0 spiro atoms. The fourth-order valence-corrected chi connectivity index (χ4v) is 3.36. The Labute approximate surface area is 173 Å². The molecular formula is C21H22ClN3O4. The Kier molecular flexibility index (Phi) is 5.88. The van der Waals surface area contributed by atoms with Gasteiger partial charge in [-0.3, -0.25) is 4.79 Å². The van der Waals surface area contributed by atoms with Gasteiger partial charge in [-0.2, -0.15) is 4.98 Å². The molecule has 0 bridgehead atoms. The van der Waals surface area contributed by atoms with Gasteiger partial charge in [-0.25, -0.2) is 9.78 Å². The second-order valence-corrected chi connectivity index (χ2v) is 8.01. The van der Waals surface area contributed by atoms with E-state index in [9.17, 15) is 14.7 Å². The smallest absolute Gasteiger partial charge is 0.352 e. The van der Waals surface area contributed by atoms with Crippen LogP contribution in [0.2, 0.25) is 5.28 Å². The van der Waals surface area contributed by atoms with E-state index in [0.717, 1.165) is 5.56 Å². The number of carboxylic acids is 1. The van der Waals surface area contributed by atoms with E-state index in [2.05, 4.69) is 9.97 Å². The molecule has 29 heavy (non-hydrogen) atoms. The van der Waals surface area contributed by atoms with Gasteiger partial charge in [-0.1, -0.05) is 30.3 Å². The van der Waals surface area contributed by atoms with Crippen LogP contribution in [0, 0.1) is 0 Å². The number of esters is 1. The lowest BCUT2D eigenvalue weighted by molar-refractivity contribution is -0.155. The van der Waals surface area contributed by atoms with Crippen molar-refractivity contribution in [3.05, 3.63) is 59.1 Å². The van der Waals surface area contributed by atoms with Gasteiger partial charge in [0.15, 0.2) is 0 Å². The van der Waals surface area contributed by atoms with Gasteiger partial charge in [-0.15, -0.1) is 0 Å². The normalized spacial score (nSPS) is 12.7. The maximum absolute atomic E-state index is 12.3. The first-order chi connectivity index (χ1) is 13.7. The van der Waals surface area contributed by atoms with Gasteiger partial charge in [0.1, 0.15) is 16.9 Å². The average Bonchev–Trinajstić information content (AvgIpc) is 3.00. The lowest BCUT2D eigenvalue weighted by atomic mass is 10.0. The standard InChI is InChI=1S/C21H22ClN3O4/c1-21(2,3)29-17(26)10-9-15(13-7-5-4-6-8-13)25-16(19(27)28)11-14-12-23-20(22)24-18(14)25/h4-8,11-12,15H,9-10H2,1-3H3,(H,27,28). The van der Waals surface area contributed by atoms with Crippen molar-refractivity contribution in [3.63, 3.8) is 0 Å². The van der Waals surface area contributed by atoms with Gasteiger partial charge in [0.2, 0.25) is 5.28 Å². The Morgan fingerprint density at radius 2 is 1.93 bits per heavy atom. The number of fused-ring (bicyclic) bond motifs is 1. The minimum atomic E-state index is -1.10. The van der Waals surface area contributed by atoms with E-state index in [1.165, 1.54) is 12.3 Å². The molecule has 0 aliphatic rings. The number of carboxylic acid groups (broad SMARTS) is 1. The van der Waals surface area contributed by atoms with Crippen molar-refractivity contribution in [2.75, 3.05) is 0 Å². The van der Waals surface area contributed by atoms with E-state index in [4.69, 9.17) is 16.3 Å². The van der Waals surface area contributed by atoms with Gasteiger partial charge in [-0.05, 0) is 50.4 Å². The van der Waals surface area contributed by atoms with Crippen LogP contribution in [0.4, 0.5) is 0 Å². The summed E-state index contributed by atoms with van der Waals surface area (Å²) >= 11 is 5.97. The number of hydrogen-bond donors (Lipinski definition) is 1. The van der Waals surface area contributed by atoms with Crippen molar-refractivity contribution < 1.29 is 19.4 Å². The summed E-state index contributed by atoms with van der Waals surface area (Å²) in [4.78, 5) is 32.4. The summed E-state index contributed by atoms with van der Waals surface area (Å²) in [6, 6.07) is 10.4. The number of carbonyl (C=O) groups excluding carboxylic acids is 1. The molecule has 1 unspecified atom stereocenters. The number of aromatic nitrogens is 3. The molecule has 2 heterocycles. The summed E-state index contributed by atoms with van der Waals surface area (Å²) < 4.78 is 7.02. The first kappa shape index (κ1) is 20.8. The third-order valence-corrected chi connectivity index (χ3v) is 4.49. The zero-order chi connectivity index (χ0) is 21.2. The van der Waals surface area contributed by atoms with Crippen LogP contribution in [0.15, 0.2) is 42.6 Å². The number of nitrogens with zero attached hydrogens (tertiary/aromatic N) is 3. The van der Waals surface area contributed by atoms with Crippen LogP contribution in [0.1, 0.15) is 55.7 Å². The third-order valence-electron chi connectivity index (χ3n) is 4.30. The number of halogens is 1. The average molecular weight is 416 g/mol. The Morgan fingerprint density at radius 1 is 1.24 bits per heavy atom. The van der Waals surface area contributed by atoms with Gasteiger partial charge in [0.25, 0.3) is 0 Å². The first-order valence-corrected chi connectivity index (χ1v) is 9.57. The van der Waals surface area contributed by atoms with E-state index < -0.39 is 17.6 Å². The van der Waals surface area contributed by atoms with E-state index in [0.29, 0.717) is 17.5 Å². The molecule has 1 atom stereocenters. The molecule has 0 aliphatic carbocycles. The fraction of sp³-hybridized carbons (Fsp3) is 0.333. The van der Waals surface area contributed by atoms with Crippen LogP contribution < -0.4 is 0 Å². The predicted octanol–water partition coefficient (Wildman–Crippen LogP) is 4.49. The number of aromatic carboxylic acids is 1. The highest BCUT2D eigenvalue weighted by Gasteiger charge is 2.26. The molecule has 3 rings (SSSR count). The summed E-state index contributed by atoms with van der Waals surface area (Å²) in [6.45, 7) is 5.42. The van der Waals surface area contributed by atoms with Crippen LogP contribution >= 0.6 is 11.6 Å². The molecule has 0 aliphatic heterocycles. The zero-order valence-electron chi connectivity index (χ0n) is 16.4. The van der Waals surface area contributed by atoms with E-state index in [1.807, 2.05) is 30.3 Å². The molecule has 0 radical (unpaired) electrons. The third kappa shape index (κ3) is 4.92. The lowest BCUT2D eigenvalue weighted by Gasteiger charge is -2.23. The molecule has 7 nitrogen and oxygen atoms in total. The molecule has 8 heteroatoms. The van der Waals surface area contributed by atoms with Crippen LogP contribution in [0.3, 0.4) is 0 Å². The van der Waals surface area contributed by atoms with Crippen LogP contribution in [-0.2, 0) is 9.53 Å². The zero-order valence-corrected chi connectivity index (χ0v) is 17.2. The SMILES string of the molecule is CC(C)(C)OC(=O)CCC(c1ccccc1)n1c(C(=O)O)cc2cnc(Cl)nc21. The van der Waals surface area contributed by atoms with Gasteiger partial charge >= 0.3 is 11.9 Å². The summed E-state index contributed by atoms with van der Waals surface area (Å²) in [7, 11) is 0. The topological polar surface area (TPSA) is 94.3 Å². The maximum Gasteiger partial charge on any atom is 0.352 e. The monoisotopic (exact) mass is 415 g/mol. The Morgan fingerprint density at radius 3 is 2.55 bits per heavy atom. The van der Waals surface area contributed by atoms with Crippen LogP contribution in [0.25, 0.3) is 11.0 Å². The number of hydrogen-bond acceptors (Lipinski definition) is 5.